The maximum absolute atomic E-state index is 11.6. The van der Waals surface area contributed by atoms with Crippen LogP contribution in [0.2, 0.25) is 0 Å². The highest BCUT2D eigenvalue weighted by atomic mass is 16.7. The zero-order chi connectivity index (χ0) is 19.5. The Kier molecular flexibility index (Phi) is 17.4. The largest absolute Gasteiger partial charge is 0.338 e. The summed E-state index contributed by atoms with van der Waals surface area (Å²) in [5, 5.41) is 0.939. The van der Waals surface area contributed by atoms with Gasteiger partial charge in [-0.1, -0.05) is 84.0 Å². The summed E-state index contributed by atoms with van der Waals surface area (Å²) in [5.74, 6) is -0.731. The molecule has 26 heavy (non-hydrogen) atoms. The lowest BCUT2D eigenvalue weighted by Gasteiger charge is -2.15. The van der Waals surface area contributed by atoms with E-state index in [1.807, 2.05) is 0 Å². The second-order valence-electron chi connectivity index (χ2n) is 7.05. The standard InChI is InChI=1S/C21H39NO4/c1-3-4-5-6-7-8-9-10-11-12-13-14-15-18-21(25)26-22(2)20(24)17-16-19-23/h19H,3-18H2,1-2H3. The summed E-state index contributed by atoms with van der Waals surface area (Å²) in [6.07, 6.45) is 17.6. The predicted molar refractivity (Wildman–Crippen MR) is 104 cm³/mol. The first-order valence-corrected chi connectivity index (χ1v) is 10.5. The van der Waals surface area contributed by atoms with E-state index >= 15 is 0 Å². The first-order chi connectivity index (χ1) is 12.6. The summed E-state index contributed by atoms with van der Waals surface area (Å²) >= 11 is 0. The third-order valence-corrected chi connectivity index (χ3v) is 4.55. The van der Waals surface area contributed by atoms with Crippen LogP contribution in [0.3, 0.4) is 0 Å². The molecule has 0 rings (SSSR count). The van der Waals surface area contributed by atoms with Crippen LogP contribution >= 0.6 is 0 Å². The van der Waals surface area contributed by atoms with Crippen LogP contribution in [0.15, 0.2) is 0 Å². The van der Waals surface area contributed by atoms with E-state index in [1.165, 1.54) is 71.3 Å². The van der Waals surface area contributed by atoms with Crippen molar-refractivity contribution in [2.45, 2.75) is 110 Å². The molecule has 0 aliphatic rings. The van der Waals surface area contributed by atoms with Gasteiger partial charge in [-0.3, -0.25) is 4.79 Å². The van der Waals surface area contributed by atoms with Gasteiger partial charge in [-0.2, -0.15) is 5.06 Å². The quantitative estimate of drug-likeness (QED) is 0.197. The molecule has 0 radical (unpaired) electrons. The average molecular weight is 370 g/mol. The van der Waals surface area contributed by atoms with Crippen molar-refractivity contribution in [2.24, 2.45) is 0 Å². The van der Waals surface area contributed by atoms with Crippen molar-refractivity contribution in [3.8, 4) is 0 Å². The van der Waals surface area contributed by atoms with Crippen LogP contribution in [0, 0.1) is 0 Å². The Labute approximate surface area is 159 Å². The van der Waals surface area contributed by atoms with Gasteiger partial charge in [0.05, 0.1) is 0 Å². The van der Waals surface area contributed by atoms with Crippen molar-refractivity contribution in [1.29, 1.82) is 0 Å². The van der Waals surface area contributed by atoms with Crippen molar-refractivity contribution < 1.29 is 19.2 Å². The number of hydrogen-bond acceptors (Lipinski definition) is 4. The lowest BCUT2D eigenvalue weighted by Crippen LogP contribution is -2.29. The van der Waals surface area contributed by atoms with E-state index < -0.39 is 0 Å². The molecular weight excluding hydrogens is 330 g/mol. The fourth-order valence-corrected chi connectivity index (χ4v) is 2.88. The molecule has 5 heteroatoms. The van der Waals surface area contributed by atoms with Gasteiger partial charge in [-0.05, 0) is 6.42 Å². The van der Waals surface area contributed by atoms with E-state index in [4.69, 9.17) is 4.84 Å². The van der Waals surface area contributed by atoms with E-state index in [1.54, 1.807) is 0 Å². The highest BCUT2D eigenvalue weighted by Gasteiger charge is 2.13. The fourth-order valence-electron chi connectivity index (χ4n) is 2.88. The second kappa shape index (κ2) is 18.4. The number of rotatable bonds is 17. The Morgan fingerprint density at radius 1 is 0.769 bits per heavy atom. The molecule has 0 aromatic rings. The molecule has 5 nitrogen and oxygen atoms in total. The molecule has 0 fully saturated rings. The maximum atomic E-state index is 11.6. The Bertz CT molecular complexity index is 371. The molecule has 0 bridgehead atoms. The van der Waals surface area contributed by atoms with E-state index in [9.17, 15) is 14.4 Å². The zero-order valence-corrected chi connectivity index (χ0v) is 17.0. The Balaban J connectivity index is 3.37. The van der Waals surface area contributed by atoms with Gasteiger partial charge in [0, 0.05) is 26.3 Å². The van der Waals surface area contributed by atoms with Gasteiger partial charge < -0.3 is 9.63 Å². The van der Waals surface area contributed by atoms with Crippen molar-refractivity contribution >= 4 is 18.2 Å². The van der Waals surface area contributed by atoms with Crippen LogP contribution in [0.4, 0.5) is 0 Å². The molecule has 0 N–H and O–H groups in total. The van der Waals surface area contributed by atoms with Crippen LogP contribution in [0.25, 0.3) is 0 Å². The number of carbonyl (C=O) groups is 3. The highest BCUT2D eigenvalue weighted by molar-refractivity contribution is 5.79. The first-order valence-electron chi connectivity index (χ1n) is 10.5. The molecule has 0 aliphatic carbocycles. The lowest BCUT2D eigenvalue weighted by molar-refractivity contribution is -0.192. The number of carbonyl (C=O) groups excluding carboxylic acids is 3. The minimum absolute atomic E-state index is 0.0754. The number of unbranched alkanes of at least 4 members (excludes halogenated alkanes) is 12. The van der Waals surface area contributed by atoms with E-state index in [0.29, 0.717) is 12.7 Å². The van der Waals surface area contributed by atoms with Gasteiger partial charge in [-0.25, -0.2) is 4.79 Å². The molecule has 1 amide bonds. The predicted octanol–water partition coefficient (Wildman–Crippen LogP) is 5.36. The smallest absolute Gasteiger partial charge is 0.332 e. The molecule has 0 heterocycles. The van der Waals surface area contributed by atoms with Crippen molar-refractivity contribution in [3.05, 3.63) is 0 Å². The second-order valence-corrected chi connectivity index (χ2v) is 7.05. The Morgan fingerprint density at radius 3 is 1.69 bits per heavy atom. The number of hydrogen-bond donors (Lipinski definition) is 0. The van der Waals surface area contributed by atoms with E-state index in [0.717, 1.165) is 24.3 Å². The molecule has 0 unspecified atom stereocenters. The summed E-state index contributed by atoms with van der Waals surface area (Å²) in [7, 11) is 1.41. The van der Waals surface area contributed by atoms with Gasteiger partial charge in [0.15, 0.2) is 0 Å². The minimum atomic E-state index is -0.380. The third kappa shape index (κ3) is 16.1. The number of aldehydes is 1. The van der Waals surface area contributed by atoms with Gasteiger partial charge in [0.1, 0.15) is 6.29 Å². The van der Waals surface area contributed by atoms with Crippen molar-refractivity contribution in [3.63, 3.8) is 0 Å². The van der Waals surface area contributed by atoms with Crippen LogP contribution < -0.4 is 0 Å². The molecule has 0 saturated heterocycles. The Morgan fingerprint density at radius 2 is 1.23 bits per heavy atom. The topological polar surface area (TPSA) is 63.7 Å². The normalized spacial score (nSPS) is 10.5. The SMILES string of the molecule is CCCCCCCCCCCCCCCC(=O)ON(C)C(=O)CCC=O. The molecule has 0 aromatic heterocycles. The monoisotopic (exact) mass is 369 g/mol. The number of nitrogens with zero attached hydrogens (tertiary/aromatic N) is 1. The highest BCUT2D eigenvalue weighted by Crippen LogP contribution is 2.13. The molecule has 0 spiro atoms. The van der Waals surface area contributed by atoms with Gasteiger partial charge in [-0.15, -0.1) is 0 Å². The van der Waals surface area contributed by atoms with E-state index in [2.05, 4.69) is 6.92 Å². The molecule has 0 aromatic carbocycles. The average Bonchev–Trinajstić information content (AvgIpc) is 2.63. The minimum Gasteiger partial charge on any atom is -0.338 e. The summed E-state index contributed by atoms with van der Waals surface area (Å²) in [4.78, 5) is 38.3. The van der Waals surface area contributed by atoms with Crippen LogP contribution in [0.1, 0.15) is 110 Å². The summed E-state index contributed by atoms with van der Waals surface area (Å²) in [6, 6.07) is 0. The van der Waals surface area contributed by atoms with Gasteiger partial charge >= 0.3 is 5.97 Å². The number of amides is 1. The summed E-state index contributed by atoms with van der Waals surface area (Å²) in [6.45, 7) is 2.25. The lowest BCUT2D eigenvalue weighted by atomic mass is 10.0. The van der Waals surface area contributed by atoms with Crippen molar-refractivity contribution in [2.75, 3.05) is 7.05 Å². The van der Waals surface area contributed by atoms with Crippen LogP contribution in [-0.4, -0.2) is 30.3 Å². The molecule has 152 valence electrons. The molecule has 0 atom stereocenters. The van der Waals surface area contributed by atoms with Crippen LogP contribution in [-0.2, 0) is 19.2 Å². The van der Waals surface area contributed by atoms with Crippen LogP contribution in [0.5, 0.6) is 0 Å². The maximum Gasteiger partial charge on any atom is 0.332 e. The fraction of sp³-hybridized carbons (Fsp3) is 0.857. The first kappa shape index (κ1) is 24.6. The van der Waals surface area contributed by atoms with Crippen molar-refractivity contribution in [1.82, 2.24) is 5.06 Å². The third-order valence-electron chi connectivity index (χ3n) is 4.55. The summed E-state index contributed by atoms with van der Waals surface area (Å²) in [5.41, 5.74) is 0. The molecular formula is C21H39NO4. The summed E-state index contributed by atoms with van der Waals surface area (Å²) < 4.78 is 0. The van der Waals surface area contributed by atoms with Gasteiger partial charge in [0.2, 0.25) is 0 Å². The molecule has 0 aliphatic heterocycles. The van der Waals surface area contributed by atoms with Gasteiger partial charge in [0.25, 0.3) is 5.91 Å². The zero-order valence-electron chi connectivity index (χ0n) is 17.0. The number of hydroxylamine groups is 2. The van der Waals surface area contributed by atoms with E-state index in [-0.39, 0.29) is 24.7 Å². The Hall–Kier alpha value is -1.39. The molecule has 0 saturated carbocycles.